The summed E-state index contributed by atoms with van der Waals surface area (Å²) >= 11 is 7.18. The Bertz CT molecular complexity index is 456. The Hall–Kier alpha value is -0.900. The van der Waals surface area contributed by atoms with Gasteiger partial charge in [-0.2, -0.15) is 0 Å². The van der Waals surface area contributed by atoms with Crippen LogP contribution in [0.2, 0.25) is 5.02 Å². The summed E-state index contributed by atoms with van der Waals surface area (Å²) in [5.74, 6) is -0.358. The van der Waals surface area contributed by atoms with Gasteiger partial charge in [-0.1, -0.05) is 23.7 Å². The zero-order chi connectivity index (χ0) is 10.8. The number of thiophene rings is 1. The molecule has 78 valence electrons. The van der Waals surface area contributed by atoms with E-state index in [1.807, 2.05) is 17.5 Å². The van der Waals surface area contributed by atoms with Gasteiger partial charge in [0.15, 0.2) is 0 Å². The van der Waals surface area contributed by atoms with E-state index in [9.17, 15) is 4.39 Å². The molecule has 0 aliphatic heterocycles. The van der Waals surface area contributed by atoms with E-state index in [2.05, 4.69) is 0 Å². The second kappa shape index (κ2) is 4.31. The summed E-state index contributed by atoms with van der Waals surface area (Å²) in [6.07, 6.45) is 0. The van der Waals surface area contributed by atoms with Crippen molar-refractivity contribution in [1.82, 2.24) is 0 Å². The molecule has 2 N–H and O–H groups in total. The average molecular weight is 242 g/mol. The highest BCUT2D eigenvalue weighted by atomic mass is 35.5. The van der Waals surface area contributed by atoms with Crippen molar-refractivity contribution in [2.75, 3.05) is 0 Å². The normalized spacial score (nSPS) is 12.7. The van der Waals surface area contributed by atoms with Crippen LogP contribution in [0.3, 0.4) is 0 Å². The van der Waals surface area contributed by atoms with Gasteiger partial charge in [0, 0.05) is 15.5 Å². The number of hydrogen-bond donors (Lipinski definition) is 1. The molecule has 0 aliphatic carbocycles. The smallest absolute Gasteiger partial charge is 0.129 e. The molecule has 0 fully saturated rings. The fraction of sp³-hybridized carbons (Fsp3) is 0.0909. The summed E-state index contributed by atoms with van der Waals surface area (Å²) in [5.41, 5.74) is 6.41. The summed E-state index contributed by atoms with van der Waals surface area (Å²) in [4.78, 5) is 0.941. The predicted octanol–water partition coefficient (Wildman–Crippen LogP) is 3.59. The van der Waals surface area contributed by atoms with Crippen LogP contribution in [-0.2, 0) is 0 Å². The third kappa shape index (κ3) is 2.20. The first-order chi connectivity index (χ1) is 7.18. The van der Waals surface area contributed by atoms with Crippen LogP contribution in [0.5, 0.6) is 0 Å². The number of halogens is 2. The average Bonchev–Trinajstić information content (AvgIpc) is 2.69. The van der Waals surface area contributed by atoms with Crippen molar-refractivity contribution in [3.05, 3.63) is 57.0 Å². The minimum Gasteiger partial charge on any atom is -0.320 e. The maximum atomic E-state index is 13.5. The molecule has 1 aromatic carbocycles. The van der Waals surface area contributed by atoms with Crippen molar-refractivity contribution >= 4 is 22.9 Å². The van der Waals surface area contributed by atoms with Crippen molar-refractivity contribution in [3.63, 3.8) is 0 Å². The first-order valence-electron chi connectivity index (χ1n) is 4.42. The summed E-state index contributed by atoms with van der Waals surface area (Å²) in [7, 11) is 0. The van der Waals surface area contributed by atoms with Crippen LogP contribution < -0.4 is 5.73 Å². The Morgan fingerprint density at radius 1 is 1.33 bits per heavy atom. The van der Waals surface area contributed by atoms with Crippen molar-refractivity contribution in [2.45, 2.75) is 6.04 Å². The Labute approximate surface area is 96.3 Å². The minimum absolute atomic E-state index is 0.358. The van der Waals surface area contributed by atoms with Crippen LogP contribution in [-0.4, -0.2) is 0 Å². The molecule has 1 atom stereocenters. The standard InChI is InChI=1S/C11H9ClFNS/c12-7-3-4-8(9(13)6-7)11(14)10-2-1-5-15-10/h1-6,11H,14H2. The van der Waals surface area contributed by atoms with E-state index in [0.717, 1.165) is 4.88 Å². The van der Waals surface area contributed by atoms with Crippen molar-refractivity contribution < 1.29 is 4.39 Å². The third-order valence-electron chi connectivity index (χ3n) is 2.15. The Balaban J connectivity index is 2.38. The predicted molar refractivity (Wildman–Crippen MR) is 61.8 cm³/mol. The van der Waals surface area contributed by atoms with Crippen LogP contribution in [0.4, 0.5) is 4.39 Å². The number of rotatable bonds is 2. The van der Waals surface area contributed by atoms with Gasteiger partial charge in [0.05, 0.1) is 6.04 Å². The molecule has 2 rings (SSSR count). The van der Waals surface area contributed by atoms with E-state index in [-0.39, 0.29) is 5.82 Å². The zero-order valence-electron chi connectivity index (χ0n) is 7.78. The molecule has 0 amide bonds. The second-order valence-electron chi connectivity index (χ2n) is 3.16. The lowest BCUT2D eigenvalue weighted by atomic mass is 10.1. The summed E-state index contributed by atoms with van der Waals surface area (Å²) in [6, 6.07) is 7.93. The maximum absolute atomic E-state index is 13.5. The van der Waals surface area contributed by atoms with E-state index in [1.54, 1.807) is 12.1 Å². The topological polar surface area (TPSA) is 26.0 Å². The number of nitrogens with two attached hydrogens (primary N) is 1. The Morgan fingerprint density at radius 2 is 2.13 bits per heavy atom. The molecule has 0 radical (unpaired) electrons. The molecule has 1 unspecified atom stereocenters. The third-order valence-corrected chi connectivity index (χ3v) is 3.34. The van der Waals surface area contributed by atoms with Crippen LogP contribution in [0.25, 0.3) is 0 Å². The van der Waals surface area contributed by atoms with E-state index in [1.165, 1.54) is 17.4 Å². The fourth-order valence-electron chi connectivity index (χ4n) is 1.38. The van der Waals surface area contributed by atoms with Crippen LogP contribution in [0, 0.1) is 5.82 Å². The Kier molecular flexibility index (Phi) is 3.05. The summed E-state index contributed by atoms with van der Waals surface area (Å²) < 4.78 is 13.5. The molecular weight excluding hydrogens is 233 g/mol. The van der Waals surface area contributed by atoms with Gasteiger partial charge in [-0.3, -0.25) is 0 Å². The quantitative estimate of drug-likeness (QED) is 0.855. The van der Waals surface area contributed by atoms with Gasteiger partial charge < -0.3 is 5.73 Å². The van der Waals surface area contributed by atoms with Crippen LogP contribution in [0.1, 0.15) is 16.5 Å². The maximum Gasteiger partial charge on any atom is 0.129 e. The molecule has 1 heterocycles. The second-order valence-corrected chi connectivity index (χ2v) is 4.57. The minimum atomic E-state index is -0.415. The van der Waals surface area contributed by atoms with E-state index >= 15 is 0 Å². The lowest BCUT2D eigenvalue weighted by Crippen LogP contribution is -2.11. The van der Waals surface area contributed by atoms with Gasteiger partial charge >= 0.3 is 0 Å². The highest BCUT2D eigenvalue weighted by molar-refractivity contribution is 7.10. The van der Waals surface area contributed by atoms with Crippen LogP contribution in [0.15, 0.2) is 35.7 Å². The molecule has 2 aromatic rings. The molecular formula is C11H9ClFNS. The summed E-state index contributed by atoms with van der Waals surface area (Å²) in [5, 5.41) is 2.30. The lowest BCUT2D eigenvalue weighted by molar-refractivity contribution is 0.601. The SMILES string of the molecule is NC(c1cccs1)c1ccc(Cl)cc1F. The van der Waals surface area contributed by atoms with Gasteiger partial charge in [-0.25, -0.2) is 4.39 Å². The first-order valence-corrected chi connectivity index (χ1v) is 5.68. The highest BCUT2D eigenvalue weighted by Crippen LogP contribution is 2.26. The number of benzene rings is 1. The molecule has 15 heavy (non-hydrogen) atoms. The van der Waals surface area contributed by atoms with Gasteiger partial charge in [-0.15, -0.1) is 11.3 Å². The molecule has 4 heteroatoms. The monoisotopic (exact) mass is 241 g/mol. The molecule has 0 saturated carbocycles. The van der Waals surface area contributed by atoms with Gasteiger partial charge in [0.25, 0.3) is 0 Å². The Morgan fingerprint density at radius 3 is 2.73 bits per heavy atom. The van der Waals surface area contributed by atoms with Gasteiger partial charge in [0.2, 0.25) is 0 Å². The highest BCUT2D eigenvalue weighted by Gasteiger charge is 2.14. The largest absolute Gasteiger partial charge is 0.320 e. The van der Waals surface area contributed by atoms with Crippen LogP contribution >= 0.6 is 22.9 Å². The lowest BCUT2D eigenvalue weighted by Gasteiger charge is -2.11. The first kappa shape index (κ1) is 10.6. The van der Waals surface area contributed by atoms with Gasteiger partial charge in [0.1, 0.15) is 5.82 Å². The molecule has 1 nitrogen and oxygen atoms in total. The van der Waals surface area contributed by atoms with Crippen molar-refractivity contribution in [3.8, 4) is 0 Å². The van der Waals surface area contributed by atoms with Crippen molar-refractivity contribution in [2.24, 2.45) is 5.73 Å². The molecule has 1 aromatic heterocycles. The number of hydrogen-bond acceptors (Lipinski definition) is 2. The van der Waals surface area contributed by atoms with E-state index in [0.29, 0.717) is 10.6 Å². The van der Waals surface area contributed by atoms with E-state index < -0.39 is 6.04 Å². The molecule has 0 spiro atoms. The van der Waals surface area contributed by atoms with Crippen molar-refractivity contribution in [1.29, 1.82) is 0 Å². The molecule has 0 saturated heterocycles. The fourth-order valence-corrected chi connectivity index (χ4v) is 2.28. The van der Waals surface area contributed by atoms with Gasteiger partial charge in [-0.05, 0) is 23.6 Å². The summed E-state index contributed by atoms with van der Waals surface area (Å²) in [6.45, 7) is 0. The van der Waals surface area contributed by atoms with E-state index in [4.69, 9.17) is 17.3 Å². The molecule has 0 bridgehead atoms. The molecule has 0 aliphatic rings. The zero-order valence-corrected chi connectivity index (χ0v) is 9.36.